The Bertz CT molecular complexity index is 546. The SMILES string of the molecule is O=C(O)CCC1CCN(C(=O)c2ccc([N+](=O)[O-])[nH]2)CC1. The third kappa shape index (κ3) is 3.80. The van der Waals surface area contributed by atoms with Gasteiger partial charge in [-0.25, -0.2) is 4.98 Å². The summed E-state index contributed by atoms with van der Waals surface area (Å²) in [5.74, 6) is -0.926. The summed E-state index contributed by atoms with van der Waals surface area (Å²) in [6, 6.07) is 2.68. The molecule has 1 aliphatic heterocycles. The molecule has 0 atom stereocenters. The topological polar surface area (TPSA) is 117 Å². The van der Waals surface area contributed by atoms with Crippen molar-refractivity contribution in [1.82, 2.24) is 9.88 Å². The quantitative estimate of drug-likeness (QED) is 0.632. The molecule has 0 bridgehead atoms. The lowest BCUT2D eigenvalue weighted by atomic mass is 9.92. The second kappa shape index (κ2) is 6.38. The maximum absolute atomic E-state index is 12.2. The second-order valence-corrected chi connectivity index (χ2v) is 5.18. The Labute approximate surface area is 120 Å². The van der Waals surface area contributed by atoms with Gasteiger partial charge in [-0.05, 0) is 36.2 Å². The monoisotopic (exact) mass is 295 g/mol. The van der Waals surface area contributed by atoms with Crippen molar-refractivity contribution in [3.05, 3.63) is 27.9 Å². The Morgan fingerprint density at radius 1 is 1.38 bits per heavy atom. The van der Waals surface area contributed by atoms with Crippen LogP contribution in [0.2, 0.25) is 0 Å². The molecule has 8 nitrogen and oxygen atoms in total. The molecule has 0 aliphatic carbocycles. The van der Waals surface area contributed by atoms with Crippen LogP contribution in [0.15, 0.2) is 12.1 Å². The lowest BCUT2D eigenvalue weighted by Crippen LogP contribution is -2.38. The number of likely N-dealkylation sites (tertiary alicyclic amines) is 1. The van der Waals surface area contributed by atoms with Crippen LogP contribution < -0.4 is 0 Å². The van der Waals surface area contributed by atoms with Gasteiger partial charge in [-0.1, -0.05) is 0 Å². The van der Waals surface area contributed by atoms with Gasteiger partial charge >= 0.3 is 11.8 Å². The molecule has 8 heteroatoms. The Morgan fingerprint density at radius 2 is 2.05 bits per heavy atom. The third-order valence-corrected chi connectivity index (χ3v) is 3.77. The summed E-state index contributed by atoms with van der Waals surface area (Å²) in [5.41, 5.74) is 0.214. The molecule has 0 aromatic carbocycles. The van der Waals surface area contributed by atoms with E-state index in [-0.39, 0.29) is 23.8 Å². The molecule has 0 radical (unpaired) electrons. The number of carboxylic acid groups (broad SMARTS) is 1. The van der Waals surface area contributed by atoms with Gasteiger partial charge in [-0.2, -0.15) is 0 Å². The number of carboxylic acids is 1. The molecule has 2 heterocycles. The molecular formula is C13H17N3O5. The first-order valence-corrected chi connectivity index (χ1v) is 6.82. The van der Waals surface area contributed by atoms with E-state index in [2.05, 4.69) is 4.98 Å². The maximum atomic E-state index is 12.2. The largest absolute Gasteiger partial charge is 0.481 e. The number of nitrogens with one attached hydrogen (secondary N) is 1. The van der Waals surface area contributed by atoms with E-state index in [0.717, 1.165) is 12.8 Å². The summed E-state index contributed by atoms with van der Waals surface area (Å²) in [6.45, 7) is 1.10. The number of hydrogen-bond donors (Lipinski definition) is 2. The first kappa shape index (κ1) is 15.0. The fourth-order valence-corrected chi connectivity index (χ4v) is 2.54. The van der Waals surface area contributed by atoms with Crippen molar-refractivity contribution in [1.29, 1.82) is 0 Å². The first-order valence-electron chi connectivity index (χ1n) is 6.82. The van der Waals surface area contributed by atoms with Crippen LogP contribution in [0.3, 0.4) is 0 Å². The van der Waals surface area contributed by atoms with Crippen LogP contribution in [0.4, 0.5) is 5.82 Å². The minimum absolute atomic E-state index is 0.154. The van der Waals surface area contributed by atoms with Gasteiger partial charge in [0.1, 0.15) is 0 Å². The average molecular weight is 295 g/mol. The second-order valence-electron chi connectivity index (χ2n) is 5.18. The van der Waals surface area contributed by atoms with E-state index in [4.69, 9.17) is 5.11 Å². The summed E-state index contributed by atoms with van der Waals surface area (Å²) in [4.78, 5) is 36.9. The van der Waals surface area contributed by atoms with Crippen LogP contribution >= 0.6 is 0 Å². The van der Waals surface area contributed by atoms with Gasteiger partial charge in [0.2, 0.25) is 0 Å². The number of hydrogen-bond acceptors (Lipinski definition) is 4. The zero-order chi connectivity index (χ0) is 15.4. The molecule has 1 aromatic heterocycles. The standard InChI is InChI=1S/C13H17N3O5/c17-12(18)4-1-9-5-7-15(8-6-9)13(19)10-2-3-11(14-10)16(20)21/h2-3,9,14H,1,4-8H2,(H,17,18). The van der Waals surface area contributed by atoms with E-state index in [1.807, 2.05) is 0 Å². The number of H-pyrrole nitrogens is 1. The molecule has 21 heavy (non-hydrogen) atoms. The van der Waals surface area contributed by atoms with Gasteiger partial charge in [0.25, 0.3) is 5.91 Å². The third-order valence-electron chi connectivity index (χ3n) is 3.77. The molecule has 1 fully saturated rings. The molecule has 0 saturated carbocycles. The van der Waals surface area contributed by atoms with Gasteiger partial charge in [0.05, 0.1) is 0 Å². The summed E-state index contributed by atoms with van der Waals surface area (Å²) >= 11 is 0. The Hall–Kier alpha value is -2.38. The van der Waals surface area contributed by atoms with Gasteiger partial charge in [0, 0.05) is 25.6 Å². The highest BCUT2D eigenvalue weighted by Gasteiger charge is 2.26. The van der Waals surface area contributed by atoms with Crippen molar-refractivity contribution >= 4 is 17.7 Å². The predicted molar refractivity (Wildman–Crippen MR) is 72.9 cm³/mol. The fraction of sp³-hybridized carbons (Fsp3) is 0.538. The zero-order valence-electron chi connectivity index (χ0n) is 11.4. The van der Waals surface area contributed by atoms with Crippen LogP contribution in [0.5, 0.6) is 0 Å². The molecule has 1 aliphatic rings. The Balaban J connectivity index is 1.87. The number of nitro groups is 1. The van der Waals surface area contributed by atoms with Crippen molar-refractivity contribution in [2.24, 2.45) is 5.92 Å². The number of aromatic amines is 1. The van der Waals surface area contributed by atoms with Crippen LogP contribution in [-0.4, -0.2) is 44.9 Å². The average Bonchev–Trinajstić information content (AvgIpc) is 2.95. The first-order chi connectivity index (χ1) is 9.97. The highest BCUT2D eigenvalue weighted by molar-refractivity contribution is 5.93. The summed E-state index contributed by atoms with van der Waals surface area (Å²) in [5, 5.41) is 19.2. The summed E-state index contributed by atoms with van der Waals surface area (Å²) in [6.07, 6.45) is 2.32. The molecule has 0 unspecified atom stereocenters. The number of aliphatic carboxylic acids is 1. The minimum Gasteiger partial charge on any atom is -0.481 e. The van der Waals surface area contributed by atoms with E-state index in [1.54, 1.807) is 4.90 Å². The van der Waals surface area contributed by atoms with Crippen molar-refractivity contribution in [3.63, 3.8) is 0 Å². The van der Waals surface area contributed by atoms with Crippen molar-refractivity contribution in [3.8, 4) is 0 Å². The molecule has 1 saturated heterocycles. The molecule has 1 aromatic rings. The Kier molecular flexibility index (Phi) is 4.56. The number of piperidine rings is 1. The minimum atomic E-state index is -0.799. The normalized spacial score (nSPS) is 15.9. The van der Waals surface area contributed by atoms with E-state index in [9.17, 15) is 19.7 Å². The smallest absolute Gasteiger partial charge is 0.321 e. The van der Waals surface area contributed by atoms with Gasteiger partial charge in [-0.15, -0.1) is 0 Å². The Morgan fingerprint density at radius 3 is 2.57 bits per heavy atom. The highest BCUT2D eigenvalue weighted by atomic mass is 16.6. The van der Waals surface area contributed by atoms with Crippen LogP contribution in [0, 0.1) is 16.0 Å². The zero-order valence-corrected chi connectivity index (χ0v) is 11.4. The molecule has 2 rings (SSSR count). The van der Waals surface area contributed by atoms with E-state index >= 15 is 0 Å². The number of nitrogens with zero attached hydrogens (tertiary/aromatic N) is 2. The summed E-state index contributed by atoms with van der Waals surface area (Å²) in [7, 11) is 0. The van der Waals surface area contributed by atoms with Crippen molar-refractivity contribution < 1.29 is 19.6 Å². The number of amides is 1. The molecule has 0 spiro atoms. The van der Waals surface area contributed by atoms with E-state index < -0.39 is 10.9 Å². The number of carbonyl (C=O) groups excluding carboxylic acids is 1. The van der Waals surface area contributed by atoms with E-state index in [1.165, 1.54) is 12.1 Å². The molecule has 114 valence electrons. The number of carbonyl (C=O) groups is 2. The van der Waals surface area contributed by atoms with Crippen molar-refractivity contribution in [2.75, 3.05) is 13.1 Å². The fourth-order valence-electron chi connectivity index (χ4n) is 2.54. The van der Waals surface area contributed by atoms with E-state index in [0.29, 0.717) is 25.4 Å². The van der Waals surface area contributed by atoms with Gasteiger partial charge in [0.15, 0.2) is 5.69 Å². The van der Waals surface area contributed by atoms with Gasteiger partial charge in [-0.3, -0.25) is 9.59 Å². The molecular weight excluding hydrogens is 278 g/mol. The van der Waals surface area contributed by atoms with Crippen LogP contribution in [-0.2, 0) is 4.79 Å². The lowest BCUT2D eigenvalue weighted by molar-refractivity contribution is -0.389. The predicted octanol–water partition coefficient (Wildman–Crippen LogP) is 1.64. The molecule has 1 amide bonds. The highest BCUT2D eigenvalue weighted by Crippen LogP contribution is 2.23. The number of aromatic nitrogens is 1. The lowest BCUT2D eigenvalue weighted by Gasteiger charge is -2.31. The molecule has 2 N–H and O–H groups in total. The van der Waals surface area contributed by atoms with Crippen LogP contribution in [0.1, 0.15) is 36.2 Å². The maximum Gasteiger partial charge on any atom is 0.321 e. The van der Waals surface area contributed by atoms with Gasteiger partial charge < -0.3 is 20.1 Å². The summed E-state index contributed by atoms with van der Waals surface area (Å²) < 4.78 is 0. The van der Waals surface area contributed by atoms with Crippen LogP contribution in [0.25, 0.3) is 0 Å². The number of rotatable bonds is 5. The van der Waals surface area contributed by atoms with Crippen molar-refractivity contribution in [2.45, 2.75) is 25.7 Å².